The van der Waals surface area contributed by atoms with Gasteiger partial charge in [-0.05, 0) is 30.4 Å². The van der Waals surface area contributed by atoms with Crippen LogP contribution in [-0.4, -0.2) is 15.2 Å². The Morgan fingerprint density at radius 3 is 2.56 bits per heavy atom. The van der Waals surface area contributed by atoms with Gasteiger partial charge in [-0.25, -0.2) is 0 Å². The third-order valence-corrected chi connectivity index (χ3v) is 2.47. The van der Waals surface area contributed by atoms with Gasteiger partial charge in [-0.3, -0.25) is 10.2 Å². The topological polar surface area (TPSA) is 56.5 Å². The van der Waals surface area contributed by atoms with Gasteiger partial charge in [-0.1, -0.05) is 11.6 Å². The first-order valence-electron chi connectivity index (χ1n) is 4.65. The number of aromatic amines is 2. The molecule has 96 valence electrons. The number of rotatable bonds is 2. The number of nitrogens with one attached hydrogen (secondary N) is 3. The molecule has 3 N–H and O–H groups in total. The van der Waals surface area contributed by atoms with E-state index in [0.29, 0.717) is 0 Å². The van der Waals surface area contributed by atoms with Crippen LogP contribution < -0.4 is 5.32 Å². The molecular formula is C9H6ClF3N4S. The zero-order valence-corrected chi connectivity index (χ0v) is 10.2. The highest BCUT2D eigenvalue weighted by Gasteiger charge is 2.34. The zero-order valence-electron chi connectivity index (χ0n) is 8.60. The molecule has 0 saturated carbocycles. The lowest BCUT2D eigenvalue weighted by molar-refractivity contribution is -0.136. The third-order valence-electron chi connectivity index (χ3n) is 2.04. The molecule has 0 aliphatic rings. The van der Waals surface area contributed by atoms with Crippen molar-refractivity contribution in [3.05, 3.63) is 33.6 Å². The Balaban J connectivity index is 2.41. The molecule has 2 aromatic rings. The number of hydrogen-bond donors (Lipinski definition) is 3. The summed E-state index contributed by atoms with van der Waals surface area (Å²) in [6.45, 7) is 0. The Labute approximate surface area is 109 Å². The third kappa shape index (κ3) is 2.82. The van der Waals surface area contributed by atoms with Crippen LogP contribution in [-0.2, 0) is 6.18 Å². The summed E-state index contributed by atoms with van der Waals surface area (Å²) in [5, 5.41) is 7.45. The van der Waals surface area contributed by atoms with Gasteiger partial charge in [-0.2, -0.15) is 18.2 Å². The number of aromatic nitrogens is 3. The van der Waals surface area contributed by atoms with Crippen molar-refractivity contribution >= 4 is 35.5 Å². The van der Waals surface area contributed by atoms with Crippen LogP contribution in [0.5, 0.6) is 0 Å². The first-order valence-corrected chi connectivity index (χ1v) is 5.43. The first kappa shape index (κ1) is 12.9. The van der Waals surface area contributed by atoms with E-state index in [9.17, 15) is 13.2 Å². The summed E-state index contributed by atoms with van der Waals surface area (Å²) >= 11 is 10.3. The van der Waals surface area contributed by atoms with Gasteiger partial charge in [-0.15, -0.1) is 0 Å². The van der Waals surface area contributed by atoms with Crippen molar-refractivity contribution in [1.82, 2.24) is 15.2 Å². The minimum Gasteiger partial charge on any atom is -0.324 e. The molecule has 0 aliphatic heterocycles. The number of H-pyrrole nitrogens is 2. The Kier molecular flexibility index (Phi) is 3.31. The summed E-state index contributed by atoms with van der Waals surface area (Å²) in [5.74, 6) is 0.0906. The average molecular weight is 295 g/mol. The van der Waals surface area contributed by atoms with E-state index in [0.717, 1.165) is 6.07 Å². The van der Waals surface area contributed by atoms with Crippen LogP contribution in [0, 0.1) is 4.77 Å². The van der Waals surface area contributed by atoms with E-state index in [2.05, 4.69) is 20.5 Å². The maximum Gasteiger partial charge on any atom is 0.418 e. The predicted molar refractivity (Wildman–Crippen MR) is 63.5 cm³/mol. The Morgan fingerprint density at radius 2 is 2.00 bits per heavy atom. The fourth-order valence-corrected chi connectivity index (χ4v) is 1.63. The molecule has 0 bridgehead atoms. The molecule has 1 heterocycles. The second-order valence-corrected chi connectivity index (χ2v) is 4.15. The van der Waals surface area contributed by atoms with E-state index in [4.69, 9.17) is 23.8 Å². The molecule has 0 aliphatic carbocycles. The highest BCUT2D eigenvalue weighted by Crippen LogP contribution is 2.37. The number of halogens is 4. The van der Waals surface area contributed by atoms with E-state index in [1.807, 2.05) is 0 Å². The number of hydrogen-bond acceptors (Lipinski definition) is 3. The summed E-state index contributed by atoms with van der Waals surface area (Å²) in [7, 11) is 0. The van der Waals surface area contributed by atoms with Gasteiger partial charge in [0.15, 0.2) is 0 Å². The van der Waals surface area contributed by atoms with Gasteiger partial charge >= 0.3 is 6.18 Å². The molecule has 0 saturated heterocycles. The van der Waals surface area contributed by atoms with Crippen LogP contribution in [0.3, 0.4) is 0 Å². The molecule has 1 aromatic heterocycles. The Morgan fingerprint density at radius 1 is 1.28 bits per heavy atom. The van der Waals surface area contributed by atoms with Crippen molar-refractivity contribution in [2.75, 3.05) is 5.32 Å². The summed E-state index contributed by atoms with van der Waals surface area (Å²) < 4.78 is 38.5. The van der Waals surface area contributed by atoms with Gasteiger partial charge in [0.25, 0.3) is 0 Å². The fraction of sp³-hybridized carbons (Fsp3) is 0.111. The largest absolute Gasteiger partial charge is 0.418 e. The molecule has 1 aromatic carbocycles. The van der Waals surface area contributed by atoms with Gasteiger partial charge in [0, 0.05) is 5.02 Å². The molecule has 0 fully saturated rings. The monoisotopic (exact) mass is 294 g/mol. The number of benzene rings is 1. The molecule has 9 heteroatoms. The molecule has 0 atom stereocenters. The normalized spacial score (nSPS) is 11.6. The van der Waals surface area contributed by atoms with Crippen LogP contribution in [0.2, 0.25) is 5.02 Å². The number of nitrogens with zero attached hydrogens (tertiary/aromatic N) is 1. The molecule has 0 amide bonds. The molecule has 0 radical (unpaired) electrons. The lowest BCUT2D eigenvalue weighted by Crippen LogP contribution is -2.09. The second-order valence-electron chi connectivity index (χ2n) is 3.33. The maximum absolute atomic E-state index is 12.8. The Bertz CT molecular complexity index is 619. The van der Waals surface area contributed by atoms with E-state index >= 15 is 0 Å². The fourth-order valence-electron chi connectivity index (χ4n) is 1.32. The van der Waals surface area contributed by atoms with Crippen molar-refractivity contribution in [2.45, 2.75) is 6.18 Å². The van der Waals surface area contributed by atoms with Gasteiger partial charge in [0.1, 0.15) is 0 Å². The van der Waals surface area contributed by atoms with Crippen molar-refractivity contribution in [1.29, 1.82) is 0 Å². The van der Waals surface area contributed by atoms with Crippen LogP contribution >= 0.6 is 23.8 Å². The smallest absolute Gasteiger partial charge is 0.324 e. The van der Waals surface area contributed by atoms with Crippen molar-refractivity contribution in [2.24, 2.45) is 0 Å². The summed E-state index contributed by atoms with van der Waals surface area (Å²) in [5.41, 5.74) is -1.04. The molecule has 4 nitrogen and oxygen atoms in total. The minimum atomic E-state index is -4.51. The standard InChI is InChI=1S/C9H6ClF3N4S/c10-4-1-2-6(5(3-4)9(11,12)13)14-7-15-8(18)17-16-7/h1-3H,(H3,14,15,16,17,18). The lowest BCUT2D eigenvalue weighted by Gasteiger charge is -2.13. The van der Waals surface area contributed by atoms with Gasteiger partial charge < -0.3 is 5.32 Å². The summed E-state index contributed by atoms with van der Waals surface area (Å²) in [6, 6.07) is 3.41. The molecule has 0 spiro atoms. The van der Waals surface area contributed by atoms with Crippen LogP contribution in [0.25, 0.3) is 0 Å². The minimum absolute atomic E-state index is 0.00263. The molecule has 2 rings (SSSR count). The molecule has 18 heavy (non-hydrogen) atoms. The van der Waals surface area contributed by atoms with Gasteiger partial charge in [0.2, 0.25) is 10.7 Å². The molecular weight excluding hydrogens is 289 g/mol. The second kappa shape index (κ2) is 4.62. The lowest BCUT2D eigenvalue weighted by atomic mass is 10.1. The number of anilines is 2. The zero-order chi connectivity index (χ0) is 13.3. The van der Waals surface area contributed by atoms with Crippen LogP contribution in [0.15, 0.2) is 18.2 Å². The summed E-state index contributed by atoms with van der Waals surface area (Å²) in [6.07, 6.45) is -4.51. The van der Waals surface area contributed by atoms with Crippen LogP contribution in [0.4, 0.5) is 24.8 Å². The summed E-state index contributed by atoms with van der Waals surface area (Å²) in [4.78, 5) is 3.74. The first-order chi connectivity index (χ1) is 8.36. The molecule has 0 unspecified atom stereocenters. The quantitative estimate of drug-likeness (QED) is 0.737. The average Bonchev–Trinajstić information content (AvgIpc) is 2.65. The highest BCUT2D eigenvalue weighted by molar-refractivity contribution is 7.71. The SMILES string of the molecule is FC(F)(F)c1cc(Cl)ccc1Nc1nc(=S)[nH][nH]1. The maximum atomic E-state index is 12.8. The van der Waals surface area contributed by atoms with E-state index in [-0.39, 0.29) is 21.4 Å². The van der Waals surface area contributed by atoms with Gasteiger partial charge in [0.05, 0.1) is 11.3 Å². The predicted octanol–water partition coefficient (Wildman–Crippen LogP) is 3.88. The van der Waals surface area contributed by atoms with Crippen LogP contribution in [0.1, 0.15) is 5.56 Å². The van der Waals surface area contributed by atoms with E-state index in [1.165, 1.54) is 12.1 Å². The van der Waals surface area contributed by atoms with Crippen molar-refractivity contribution in [3.8, 4) is 0 Å². The van der Waals surface area contributed by atoms with Crippen molar-refractivity contribution in [3.63, 3.8) is 0 Å². The van der Waals surface area contributed by atoms with E-state index in [1.54, 1.807) is 0 Å². The highest BCUT2D eigenvalue weighted by atomic mass is 35.5. The van der Waals surface area contributed by atoms with E-state index < -0.39 is 11.7 Å². The number of alkyl halides is 3. The van der Waals surface area contributed by atoms with Crippen molar-refractivity contribution < 1.29 is 13.2 Å². The Hall–Kier alpha value is -1.54.